The molecule has 0 aliphatic carbocycles. The molecule has 6 nitrogen and oxygen atoms in total. The van der Waals surface area contributed by atoms with Crippen LogP contribution in [0, 0.1) is 0 Å². The molecule has 0 fully saturated rings. The molecule has 0 aromatic heterocycles. The van der Waals surface area contributed by atoms with E-state index in [4.69, 9.17) is 14.2 Å². The Kier molecular flexibility index (Phi) is 67.7. The van der Waals surface area contributed by atoms with Gasteiger partial charge in [0.2, 0.25) is 0 Å². The molecule has 0 aromatic carbocycles. The van der Waals surface area contributed by atoms with Crippen molar-refractivity contribution < 1.29 is 28.6 Å². The van der Waals surface area contributed by atoms with E-state index in [2.05, 4.69) is 118 Å². The normalized spacial score (nSPS) is 12.7. The van der Waals surface area contributed by atoms with Gasteiger partial charge in [0.1, 0.15) is 13.2 Å². The van der Waals surface area contributed by atoms with Gasteiger partial charge in [0, 0.05) is 19.3 Å². The van der Waals surface area contributed by atoms with Crippen LogP contribution in [0.3, 0.4) is 0 Å². The minimum absolute atomic E-state index is 0.0848. The van der Waals surface area contributed by atoms with Crippen LogP contribution >= 0.6 is 0 Å². The quantitative estimate of drug-likeness (QED) is 0.0261. The summed E-state index contributed by atoms with van der Waals surface area (Å²) in [5.41, 5.74) is 0. The first-order valence-electron chi connectivity index (χ1n) is 35.7. The van der Waals surface area contributed by atoms with E-state index in [1.807, 2.05) is 0 Å². The van der Waals surface area contributed by atoms with E-state index in [1.165, 1.54) is 205 Å². The Morgan fingerprint density at radius 1 is 0.253 bits per heavy atom. The lowest BCUT2D eigenvalue weighted by molar-refractivity contribution is -0.167. The zero-order chi connectivity index (χ0) is 59.9. The largest absolute Gasteiger partial charge is 0.462 e. The zero-order valence-electron chi connectivity index (χ0n) is 54.9. The van der Waals surface area contributed by atoms with E-state index in [9.17, 15) is 14.4 Å². The predicted octanol–water partition coefficient (Wildman–Crippen LogP) is 24.8. The Hall–Kier alpha value is -3.67. The third-order valence-electron chi connectivity index (χ3n) is 15.5. The van der Waals surface area contributed by atoms with Gasteiger partial charge in [0.25, 0.3) is 0 Å². The highest BCUT2D eigenvalue weighted by molar-refractivity contribution is 5.71. The smallest absolute Gasteiger partial charge is 0.306 e. The number of rotatable bonds is 65. The van der Waals surface area contributed by atoms with Crippen molar-refractivity contribution in [1.82, 2.24) is 0 Å². The molecule has 0 aromatic rings. The van der Waals surface area contributed by atoms with Gasteiger partial charge in [0.15, 0.2) is 6.10 Å². The molecule has 0 amide bonds. The molecule has 0 bridgehead atoms. The van der Waals surface area contributed by atoms with Gasteiger partial charge in [-0.25, -0.2) is 0 Å². The minimum Gasteiger partial charge on any atom is -0.462 e. The Bertz CT molecular complexity index is 1610. The second kappa shape index (κ2) is 70.8. The van der Waals surface area contributed by atoms with Crippen molar-refractivity contribution in [2.24, 2.45) is 0 Å². The summed E-state index contributed by atoms with van der Waals surface area (Å²) >= 11 is 0. The average molecular weight is 1160 g/mol. The third-order valence-corrected chi connectivity index (χ3v) is 15.5. The fourth-order valence-electron chi connectivity index (χ4n) is 10.2. The second-order valence-corrected chi connectivity index (χ2v) is 23.8. The fourth-order valence-corrected chi connectivity index (χ4v) is 10.2. The fraction of sp³-hybridized carbons (Fsp3) is 0.753. The van der Waals surface area contributed by atoms with Gasteiger partial charge in [-0.1, -0.05) is 311 Å². The molecule has 0 rings (SSSR count). The van der Waals surface area contributed by atoms with Crippen molar-refractivity contribution in [3.05, 3.63) is 97.2 Å². The van der Waals surface area contributed by atoms with E-state index < -0.39 is 6.10 Å². The number of esters is 3. The summed E-state index contributed by atoms with van der Waals surface area (Å²) < 4.78 is 17.0. The Balaban J connectivity index is 4.32. The Morgan fingerprint density at radius 3 is 0.747 bits per heavy atom. The Labute approximate surface area is 515 Å². The average Bonchev–Trinajstić information content (AvgIpc) is 3.50. The van der Waals surface area contributed by atoms with Crippen LogP contribution in [0.5, 0.6) is 0 Å². The van der Waals surface area contributed by atoms with E-state index in [-0.39, 0.29) is 31.1 Å². The molecule has 0 N–H and O–H groups in total. The molecular weight excluding hydrogens is 1020 g/mol. The summed E-state index contributed by atoms with van der Waals surface area (Å²) in [5.74, 6) is -0.896. The highest BCUT2D eigenvalue weighted by atomic mass is 16.6. The molecule has 0 aliphatic heterocycles. The molecule has 83 heavy (non-hydrogen) atoms. The van der Waals surface area contributed by atoms with Gasteiger partial charge in [-0.05, 0) is 122 Å². The number of ether oxygens (including phenoxy) is 3. The van der Waals surface area contributed by atoms with Crippen LogP contribution in [0.4, 0.5) is 0 Å². The lowest BCUT2D eigenvalue weighted by Gasteiger charge is -2.18. The number of unbranched alkanes of at least 4 members (excludes halogenated alkanes) is 38. The zero-order valence-corrected chi connectivity index (χ0v) is 54.9. The summed E-state index contributed by atoms with van der Waals surface area (Å²) in [6, 6.07) is 0. The number of hydrogen-bond acceptors (Lipinski definition) is 6. The van der Waals surface area contributed by atoms with Crippen molar-refractivity contribution in [2.75, 3.05) is 13.2 Å². The summed E-state index contributed by atoms with van der Waals surface area (Å²) in [6.07, 6.45) is 95.7. The summed E-state index contributed by atoms with van der Waals surface area (Å²) in [5, 5.41) is 0. The second-order valence-electron chi connectivity index (χ2n) is 23.8. The number of allylic oxidation sites excluding steroid dienone is 16. The lowest BCUT2D eigenvalue weighted by atomic mass is 10.0. The number of hydrogen-bond donors (Lipinski definition) is 0. The first-order valence-corrected chi connectivity index (χ1v) is 35.7. The molecule has 0 saturated carbocycles. The lowest BCUT2D eigenvalue weighted by Crippen LogP contribution is -2.30. The molecule has 0 saturated heterocycles. The van der Waals surface area contributed by atoms with Crippen molar-refractivity contribution >= 4 is 17.9 Å². The summed E-state index contributed by atoms with van der Waals surface area (Å²) in [7, 11) is 0. The maximum absolute atomic E-state index is 13.0. The van der Waals surface area contributed by atoms with Gasteiger partial charge in [-0.3, -0.25) is 14.4 Å². The van der Waals surface area contributed by atoms with E-state index >= 15 is 0 Å². The van der Waals surface area contributed by atoms with Crippen LogP contribution in [-0.2, 0) is 28.6 Å². The summed E-state index contributed by atoms with van der Waals surface area (Å²) in [6.45, 7) is 6.53. The highest BCUT2D eigenvalue weighted by Gasteiger charge is 2.19. The molecule has 1 unspecified atom stereocenters. The standard InChI is InChI=1S/C77H134O6/c1-4-7-10-13-16-19-22-25-28-31-33-34-35-36-37-38-39-40-41-42-44-46-49-52-55-58-61-64-67-70-76(79)82-73-74(72-81-75(78)69-66-63-60-57-54-51-48-45-30-27-24-21-18-15-12-9-6-3)83-77(80)71-68-65-62-59-56-53-50-47-43-32-29-26-23-20-17-14-11-8-5-2/h9,12,18,21-22,25-27,29-31,33,35-36,48,51,74H,4-8,10-11,13-17,19-20,23-24,28,32,34,37-47,49-50,52-73H2,1-3H3/b12-9-,21-18-,25-22-,29-26-,30-27-,33-31-,36-35-,51-48-. The predicted molar refractivity (Wildman–Crippen MR) is 362 cm³/mol. The van der Waals surface area contributed by atoms with Gasteiger partial charge >= 0.3 is 17.9 Å². The molecule has 0 heterocycles. The van der Waals surface area contributed by atoms with E-state index in [1.54, 1.807) is 0 Å². The topological polar surface area (TPSA) is 78.9 Å². The molecular formula is C77H134O6. The van der Waals surface area contributed by atoms with Gasteiger partial charge in [-0.15, -0.1) is 0 Å². The van der Waals surface area contributed by atoms with Crippen LogP contribution < -0.4 is 0 Å². The third kappa shape index (κ3) is 69.0. The van der Waals surface area contributed by atoms with Crippen molar-refractivity contribution in [2.45, 2.75) is 361 Å². The maximum atomic E-state index is 13.0. The first-order chi connectivity index (χ1) is 41.0. The van der Waals surface area contributed by atoms with Gasteiger partial charge in [0.05, 0.1) is 0 Å². The molecule has 1 atom stereocenters. The van der Waals surface area contributed by atoms with Gasteiger partial charge in [-0.2, -0.15) is 0 Å². The summed E-state index contributed by atoms with van der Waals surface area (Å²) in [4.78, 5) is 38.5. The molecule has 0 radical (unpaired) electrons. The monoisotopic (exact) mass is 1160 g/mol. The van der Waals surface area contributed by atoms with Crippen molar-refractivity contribution in [3.63, 3.8) is 0 Å². The SMILES string of the molecule is CC/C=C\C/C=C\C/C=C\C/C=C\CCCCCCC(=O)OCC(COC(=O)CCCCCCCCCCCCCCCC/C=C\C/C=C\C/C=C\CCCCCCC)OC(=O)CCCCCCCCCCC/C=C\CCCCCCCC. The molecule has 0 spiro atoms. The van der Waals surface area contributed by atoms with Crippen molar-refractivity contribution in [3.8, 4) is 0 Å². The van der Waals surface area contributed by atoms with Crippen LogP contribution in [0.1, 0.15) is 355 Å². The minimum atomic E-state index is -0.791. The molecule has 478 valence electrons. The number of carbonyl (C=O) groups excluding carboxylic acids is 3. The van der Waals surface area contributed by atoms with Crippen LogP contribution in [0.15, 0.2) is 97.2 Å². The highest BCUT2D eigenvalue weighted by Crippen LogP contribution is 2.17. The van der Waals surface area contributed by atoms with Gasteiger partial charge < -0.3 is 14.2 Å². The van der Waals surface area contributed by atoms with Crippen LogP contribution in [0.25, 0.3) is 0 Å². The Morgan fingerprint density at radius 2 is 0.470 bits per heavy atom. The maximum Gasteiger partial charge on any atom is 0.306 e. The van der Waals surface area contributed by atoms with Crippen LogP contribution in [0.2, 0.25) is 0 Å². The van der Waals surface area contributed by atoms with Crippen molar-refractivity contribution in [1.29, 1.82) is 0 Å². The van der Waals surface area contributed by atoms with E-state index in [0.717, 1.165) is 109 Å². The van der Waals surface area contributed by atoms with Crippen LogP contribution in [-0.4, -0.2) is 37.2 Å². The molecule has 0 aliphatic rings. The van der Waals surface area contributed by atoms with E-state index in [0.29, 0.717) is 19.3 Å². The number of carbonyl (C=O) groups is 3. The molecule has 6 heteroatoms. The first kappa shape index (κ1) is 79.3.